The van der Waals surface area contributed by atoms with Gasteiger partial charge in [-0.05, 0) is 17.7 Å². The van der Waals surface area contributed by atoms with Gasteiger partial charge in [-0.2, -0.15) is 0 Å². The van der Waals surface area contributed by atoms with Gasteiger partial charge >= 0.3 is 0 Å². The van der Waals surface area contributed by atoms with Crippen LogP contribution in [0.2, 0.25) is 0 Å². The molecule has 1 aromatic rings. The quantitative estimate of drug-likeness (QED) is 0.728. The summed E-state index contributed by atoms with van der Waals surface area (Å²) in [6.07, 6.45) is 0. The number of methoxy groups -OCH3 is 1. The van der Waals surface area contributed by atoms with Crippen molar-refractivity contribution in [1.82, 2.24) is 10.6 Å². The summed E-state index contributed by atoms with van der Waals surface area (Å²) in [6, 6.07) is 5.76. The van der Waals surface area contributed by atoms with Crippen LogP contribution < -0.4 is 15.4 Å². The molecule has 1 aliphatic heterocycles. The number of aromatic hydroxyl groups is 1. The van der Waals surface area contributed by atoms with Crippen molar-refractivity contribution in [3.63, 3.8) is 0 Å². The van der Waals surface area contributed by atoms with Crippen LogP contribution >= 0.6 is 12.4 Å². The third kappa shape index (κ3) is 2.78. The van der Waals surface area contributed by atoms with E-state index in [1.807, 2.05) is 12.1 Å². The average molecular weight is 245 g/mol. The molecule has 0 radical (unpaired) electrons. The Morgan fingerprint density at radius 2 is 2.19 bits per heavy atom. The van der Waals surface area contributed by atoms with Gasteiger partial charge in [-0.3, -0.25) is 0 Å². The largest absolute Gasteiger partial charge is 0.504 e. The number of benzene rings is 1. The SMILES string of the molecule is COc1cc([C@@H]2CNCCN2)ccc1O.Cl. The molecule has 0 spiro atoms. The second kappa shape index (κ2) is 5.94. The molecule has 0 bridgehead atoms. The van der Waals surface area contributed by atoms with E-state index in [0.29, 0.717) is 11.8 Å². The summed E-state index contributed by atoms with van der Waals surface area (Å²) >= 11 is 0. The zero-order chi connectivity index (χ0) is 10.7. The van der Waals surface area contributed by atoms with Gasteiger partial charge < -0.3 is 20.5 Å². The predicted molar refractivity (Wildman–Crippen MR) is 65.5 cm³/mol. The lowest BCUT2D eigenvalue weighted by molar-refractivity contribution is 0.370. The number of piperazine rings is 1. The number of phenolic OH excluding ortho intramolecular Hbond substituents is 1. The van der Waals surface area contributed by atoms with Crippen molar-refractivity contribution in [3.8, 4) is 11.5 Å². The van der Waals surface area contributed by atoms with E-state index in [4.69, 9.17) is 4.74 Å². The van der Waals surface area contributed by atoms with Gasteiger partial charge in [0.15, 0.2) is 11.5 Å². The molecule has 1 saturated heterocycles. The van der Waals surface area contributed by atoms with Gasteiger partial charge in [0.2, 0.25) is 0 Å². The van der Waals surface area contributed by atoms with Crippen LogP contribution in [0.1, 0.15) is 11.6 Å². The fourth-order valence-electron chi connectivity index (χ4n) is 1.80. The van der Waals surface area contributed by atoms with E-state index >= 15 is 0 Å². The molecule has 16 heavy (non-hydrogen) atoms. The van der Waals surface area contributed by atoms with Crippen LogP contribution in [0.15, 0.2) is 18.2 Å². The van der Waals surface area contributed by atoms with Gasteiger partial charge in [0.05, 0.1) is 7.11 Å². The first-order valence-corrected chi connectivity index (χ1v) is 5.12. The van der Waals surface area contributed by atoms with Crippen LogP contribution in [-0.4, -0.2) is 31.9 Å². The normalized spacial score (nSPS) is 19.9. The predicted octanol–water partition coefficient (Wildman–Crippen LogP) is 1.06. The Labute approximate surface area is 101 Å². The molecule has 0 unspecified atom stereocenters. The van der Waals surface area contributed by atoms with Crippen LogP contribution in [-0.2, 0) is 0 Å². The summed E-state index contributed by atoms with van der Waals surface area (Å²) in [5.41, 5.74) is 1.14. The first-order valence-electron chi connectivity index (χ1n) is 5.12. The van der Waals surface area contributed by atoms with Gasteiger partial charge in [-0.15, -0.1) is 12.4 Å². The Bertz CT molecular complexity index is 341. The molecule has 1 fully saturated rings. The lowest BCUT2D eigenvalue weighted by atomic mass is 10.0. The van der Waals surface area contributed by atoms with E-state index in [2.05, 4.69) is 10.6 Å². The van der Waals surface area contributed by atoms with E-state index in [1.165, 1.54) is 0 Å². The molecular formula is C11H17ClN2O2. The minimum absolute atomic E-state index is 0. The number of ether oxygens (including phenoxy) is 1. The van der Waals surface area contributed by atoms with Crippen molar-refractivity contribution in [2.24, 2.45) is 0 Å². The van der Waals surface area contributed by atoms with Crippen LogP contribution in [0, 0.1) is 0 Å². The van der Waals surface area contributed by atoms with Crippen molar-refractivity contribution in [3.05, 3.63) is 23.8 Å². The third-order valence-electron chi connectivity index (χ3n) is 2.65. The fraction of sp³-hybridized carbons (Fsp3) is 0.455. The minimum atomic E-state index is 0. The van der Waals surface area contributed by atoms with Crippen LogP contribution in [0.25, 0.3) is 0 Å². The highest BCUT2D eigenvalue weighted by molar-refractivity contribution is 5.85. The number of hydrogen-bond acceptors (Lipinski definition) is 4. The Morgan fingerprint density at radius 1 is 1.38 bits per heavy atom. The molecule has 1 heterocycles. The Balaban J connectivity index is 0.00000128. The molecule has 5 heteroatoms. The summed E-state index contributed by atoms with van der Waals surface area (Å²) in [4.78, 5) is 0. The Hall–Kier alpha value is -0.970. The van der Waals surface area contributed by atoms with Crippen LogP contribution in [0.4, 0.5) is 0 Å². The number of nitrogens with one attached hydrogen (secondary N) is 2. The molecule has 4 nitrogen and oxygen atoms in total. The van der Waals surface area contributed by atoms with E-state index in [-0.39, 0.29) is 18.2 Å². The van der Waals surface area contributed by atoms with E-state index in [9.17, 15) is 5.11 Å². The van der Waals surface area contributed by atoms with Crippen LogP contribution in [0.5, 0.6) is 11.5 Å². The number of rotatable bonds is 2. The van der Waals surface area contributed by atoms with Gasteiger partial charge in [-0.25, -0.2) is 0 Å². The summed E-state index contributed by atoms with van der Waals surface area (Å²) in [6.45, 7) is 2.88. The first-order chi connectivity index (χ1) is 7.31. The molecule has 0 aromatic heterocycles. The van der Waals surface area contributed by atoms with Crippen molar-refractivity contribution in [2.75, 3.05) is 26.7 Å². The molecule has 3 N–H and O–H groups in total. The lowest BCUT2D eigenvalue weighted by Crippen LogP contribution is -2.42. The highest BCUT2D eigenvalue weighted by Crippen LogP contribution is 2.28. The molecule has 0 amide bonds. The number of hydrogen-bond donors (Lipinski definition) is 3. The minimum Gasteiger partial charge on any atom is -0.504 e. The monoisotopic (exact) mass is 244 g/mol. The first kappa shape index (κ1) is 13.1. The number of phenols is 1. The molecule has 0 aliphatic carbocycles. The van der Waals surface area contributed by atoms with E-state index in [1.54, 1.807) is 13.2 Å². The van der Waals surface area contributed by atoms with E-state index < -0.39 is 0 Å². The molecule has 1 aliphatic rings. The summed E-state index contributed by atoms with van der Waals surface area (Å²) in [5, 5.41) is 16.2. The molecule has 90 valence electrons. The highest BCUT2D eigenvalue weighted by Gasteiger charge is 2.15. The van der Waals surface area contributed by atoms with Gasteiger partial charge in [0.25, 0.3) is 0 Å². The van der Waals surface area contributed by atoms with Gasteiger partial charge in [0.1, 0.15) is 0 Å². The standard InChI is InChI=1S/C11H16N2O2.ClH/c1-15-11-6-8(2-3-10(11)14)9-7-12-4-5-13-9;/h2-3,6,9,12-14H,4-5,7H2,1H3;1H/t9-;/m0./s1. The zero-order valence-electron chi connectivity index (χ0n) is 9.19. The fourth-order valence-corrected chi connectivity index (χ4v) is 1.80. The second-order valence-corrected chi connectivity index (χ2v) is 3.64. The van der Waals surface area contributed by atoms with Crippen molar-refractivity contribution >= 4 is 12.4 Å². The topological polar surface area (TPSA) is 53.5 Å². The lowest BCUT2D eigenvalue weighted by Gasteiger charge is -2.25. The maximum Gasteiger partial charge on any atom is 0.160 e. The third-order valence-corrected chi connectivity index (χ3v) is 2.65. The smallest absolute Gasteiger partial charge is 0.160 e. The second-order valence-electron chi connectivity index (χ2n) is 3.64. The zero-order valence-corrected chi connectivity index (χ0v) is 10.0. The Kier molecular flexibility index (Phi) is 4.86. The molecule has 1 atom stereocenters. The summed E-state index contributed by atoms with van der Waals surface area (Å²) < 4.78 is 5.08. The Morgan fingerprint density at radius 3 is 2.81 bits per heavy atom. The molecule has 0 saturated carbocycles. The summed E-state index contributed by atoms with van der Waals surface area (Å²) in [5.74, 6) is 0.713. The van der Waals surface area contributed by atoms with Crippen molar-refractivity contribution < 1.29 is 9.84 Å². The summed E-state index contributed by atoms with van der Waals surface area (Å²) in [7, 11) is 1.56. The van der Waals surface area contributed by atoms with E-state index in [0.717, 1.165) is 25.2 Å². The molecule has 1 aromatic carbocycles. The van der Waals surface area contributed by atoms with Gasteiger partial charge in [-0.1, -0.05) is 6.07 Å². The van der Waals surface area contributed by atoms with Crippen molar-refractivity contribution in [2.45, 2.75) is 6.04 Å². The molecule has 2 rings (SSSR count). The highest BCUT2D eigenvalue weighted by atomic mass is 35.5. The van der Waals surface area contributed by atoms with Crippen molar-refractivity contribution in [1.29, 1.82) is 0 Å². The average Bonchev–Trinajstić information content (AvgIpc) is 2.31. The van der Waals surface area contributed by atoms with Crippen LogP contribution in [0.3, 0.4) is 0 Å². The maximum atomic E-state index is 9.47. The molecular weight excluding hydrogens is 228 g/mol. The van der Waals surface area contributed by atoms with Gasteiger partial charge in [0, 0.05) is 25.7 Å². The number of halogens is 1. The maximum absolute atomic E-state index is 9.47.